The minimum atomic E-state index is -0.626. The van der Waals surface area contributed by atoms with Gasteiger partial charge in [0.15, 0.2) is 0 Å². The molecule has 0 unspecified atom stereocenters. The summed E-state index contributed by atoms with van der Waals surface area (Å²) in [6.07, 6.45) is 0.603. The molecule has 2 heterocycles. The van der Waals surface area contributed by atoms with Gasteiger partial charge in [0, 0.05) is 49.7 Å². The van der Waals surface area contributed by atoms with Crippen LogP contribution in [0.25, 0.3) is 0 Å². The lowest BCUT2D eigenvalue weighted by Gasteiger charge is -2.31. The van der Waals surface area contributed by atoms with Crippen LogP contribution in [0.3, 0.4) is 0 Å². The lowest BCUT2D eigenvalue weighted by atomic mass is 10.0. The van der Waals surface area contributed by atoms with E-state index in [1.807, 2.05) is 77.3 Å². The van der Waals surface area contributed by atoms with Gasteiger partial charge in [0.05, 0.1) is 5.92 Å². The maximum absolute atomic E-state index is 13.2. The fourth-order valence-corrected chi connectivity index (χ4v) is 4.99. The molecule has 0 bridgehead atoms. The SMILES string of the molecule is O=C(N[C@H](Cc1ccccc1)C(=O)N1CCSCC1)[C@@H]1CC(=O)N(c2ccccc2)C1. The second kappa shape index (κ2) is 10.0. The highest BCUT2D eigenvalue weighted by Crippen LogP contribution is 2.25. The number of amides is 3. The molecule has 2 saturated heterocycles. The van der Waals surface area contributed by atoms with Crippen molar-refractivity contribution in [2.24, 2.45) is 5.92 Å². The van der Waals surface area contributed by atoms with E-state index < -0.39 is 12.0 Å². The van der Waals surface area contributed by atoms with Gasteiger partial charge in [-0.3, -0.25) is 14.4 Å². The third-order valence-electron chi connectivity index (χ3n) is 5.78. The van der Waals surface area contributed by atoms with Crippen molar-refractivity contribution in [3.05, 3.63) is 66.2 Å². The molecule has 162 valence electrons. The van der Waals surface area contributed by atoms with Crippen molar-refractivity contribution < 1.29 is 14.4 Å². The van der Waals surface area contributed by atoms with Crippen molar-refractivity contribution >= 4 is 35.2 Å². The summed E-state index contributed by atoms with van der Waals surface area (Å²) < 4.78 is 0. The molecule has 7 heteroatoms. The number of para-hydroxylation sites is 1. The van der Waals surface area contributed by atoms with E-state index in [1.54, 1.807) is 4.90 Å². The lowest BCUT2D eigenvalue weighted by Crippen LogP contribution is -2.53. The number of hydrogen-bond donors (Lipinski definition) is 1. The first kappa shape index (κ1) is 21.4. The van der Waals surface area contributed by atoms with Crippen LogP contribution in [-0.4, -0.2) is 59.8 Å². The van der Waals surface area contributed by atoms with Gasteiger partial charge in [0.2, 0.25) is 17.7 Å². The molecule has 1 N–H and O–H groups in total. The van der Waals surface area contributed by atoms with Gasteiger partial charge in [-0.15, -0.1) is 0 Å². The number of thioether (sulfide) groups is 1. The molecule has 2 aromatic rings. The largest absolute Gasteiger partial charge is 0.344 e. The molecule has 0 radical (unpaired) electrons. The van der Waals surface area contributed by atoms with Gasteiger partial charge >= 0.3 is 0 Å². The average molecular weight is 438 g/mol. The topological polar surface area (TPSA) is 69.7 Å². The molecule has 2 aliphatic rings. The number of hydrogen-bond acceptors (Lipinski definition) is 4. The maximum Gasteiger partial charge on any atom is 0.245 e. The van der Waals surface area contributed by atoms with Crippen LogP contribution in [0.1, 0.15) is 12.0 Å². The highest BCUT2D eigenvalue weighted by Gasteiger charge is 2.37. The van der Waals surface area contributed by atoms with Gasteiger partial charge in [-0.1, -0.05) is 48.5 Å². The predicted octanol–water partition coefficient (Wildman–Crippen LogP) is 2.34. The fourth-order valence-electron chi connectivity index (χ4n) is 4.08. The molecule has 0 aliphatic carbocycles. The molecule has 3 amide bonds. The van der Waals surface area contributed by atoms with Crippen molar-refractivity contribution in [2.45, 2.75) is 18.9 Å². The zero-order valence-corrected chi connectivity index (χ0v) is 18.2. The van der Waals surface area contributed by atoms with Crippen LogP contribution in [0.5, 0.6) is 0 Å². The minimum absolute atomic E-state index is 0.0401. The van der Waals surface area contributed by atoms with Crippen molar-refractivity contribution in [1.82, 2.24) is 10.2 Å². The number of carbonyl (C=O) groups is 3. The van der Waals surface area contributed by atoms with Gasteiger partial charge in [-0.25, -0.2) is 0 Å². The molecule has 4 rings (SSSR count). The molecular formula is C24H27N3O3S. The van der Waals surface area contributed by atoms with E-state index >= 15 is 0 Å². The van der Waals surface area contributed by atoms with Gasteiger partial charge in [-0.2, -0.15) is 11.8 Å². The molecule has 31 heavy (non-hydrogen) atoms. The third-order valence-corrected chi connectivity index (χ3v) is 6.73. The number of rotatable bonds is 6. The maximum atomic E-state index is 13.2. The molecule has 0 aromatic heterocycles. The Labute approximate surface area is 187 Å². The third kappa shape index (κ3) is 5.28. The summed E-state index contributed by atoms with van der Waals surface area (Å²) in [7, 11) is 0. The highest BCUT2D eigenvalue weighted by molar-refractivity contribution is 7.99. The van der Waals surface area contributed by atoms with Crippen LogP contribution < -0.4 is 10.2 Å². The minimum Gasteiger partial charge on any atom is -0.344 e. The number of nitrogens with zero attached hydrogens (tertiary/aromatic N) is 2. The van der Waals surface area contributed by atoms with Gasteiger partial charge in [0.25, 0.3) is 0 Å². The summed E-state index contributed by atoms with van der Waals surface area (Å²) in [6.45, 7) is 1.74. The van der Waals surface area contributed by atoms with Crippen LogP contribution in [-0.2, 0) is 20.8 Å². The van der Waals surface area contributed by atoms with E-state index in [0.717, 1.165) is 22.8 Å². The molecule has 0 spiro atoms. The Morgan fingerprint density at radius 3 is 2.32 bits per heavy atom. The Balaban J connectivity index is 1.46. The summed E-state index contributed by atoms with van der Waals surface area (Å²) in [5.41, 5.74) is 1.80. The summed E-state index contributed by atoms with van der Waals surface area (Å²) in [6, 6.07) is 18.5. The van der Waals surface area contributed by atoms with E-state index in [0.29, 0.717) is 26.1 Å². The zero-order chi connectivity index (χ0) is 21.6. The molecule has 6 nitrogen and oxygen atoms in total. The Morgan fingerprint density at radius 2 is 1.65 bits per heavy atom. The van der Waals surface area contributed by atoms with E-state index in [1.165, 1.54) is 0 Å². The predicted molar refractivity (Wildman–Crippen MR) is 123 cm³/mol. The van der Waals surface area contributed by atoms with Crippen molar-refractivity contribution in [3.8, 4) is 0 Å². The van der Waals surface area contributed by atoms with Crippen molar-refractivity contribution in [3.63, 3.8) is 0 Å². The smallest absolute Gasteiger partial charge is 0.245 e. The molecule has 2 aliphatic heterocycles. The summed E-state index contributed by atoms with van der Waals surface area (Å²) in [5.74, 6) is 1.04. The molecular weight excluding hydrogens is 410 g/mol. The van der Waals surface area contributed by atoms with E-state index in [9.17, 15) is 14.4 Å². The van der Waals surface area contributed by atoms with E-state index in [-0.39, 0.29) is 24.1 Å². The molecule has 2 aromatic carbocycles. The number of anilines is 1. The zero-order valence-electron chi connectivity index (χ0n) is 17.4. The molecule has 0 saturated carbocycles. The number of carbonyl (C=O) groups excluding carboxylic acids is 3. The standard InChI is InChI=1S/C24H27N3O3S/c28-22-16-19(17-27(22)20-9-5-2-6-10-20)23(29)25-21(15-18-7-3-1-4-8-18)24(30)26-11-13-31-14-12-26/h1-10,19,21H,11-17H2,(H,25,29)/t19-,21-/m1/s1. The Morgan fingerprint density at radius 1 is 1.00 bits per heavy atom. The summed E-state index contributed by atoms with van der Waals surface area (Å²) in [4.78, 5) is 42.3. The summed E-state index contributed by atoms with van der Waals surface area (Å²) >= 11 is 1.84. The van der Waals surface area contributed by atoms with Gasteiger partial charge < -0.3 is 15.1 Å². The lowest BCUT2D eigenvalue weighted by molar-refractivity contribution is -0.137. The first-order chi connectivity index (χ1) is 15.1. The van der Waals surface area contributed by atoms with E-state index in [4.69, 9.17) is 0 Å². The quantitative estimate of drug-likeness (QED) is 0.753. The highest BCUT2D eigenvalue weighted by atomic mass is 32.2. The van der Waals surface area contributed by atoms with Gasteiger partial charge in [0.1, 0.15) is 6.04 Å². The van der Waals surface area contributed by atoms with Gasteiger partial charge in [-0.05, 0) is 17.7 Å². The molecule has 2 atom stereocenters. The Hall–Kier alpha value is -2.80. The number of benzene rings is 2. The first-order valence-electron chi connectivity index (χ1n) is 10.7. The fraction of sp³-hybridized carbons (Fsp3) is 0.375. The second-order valence-electron chi connectivity index (χ2n) is 7.93. The second-order valence-corrected chi connectivity index (χ2v) is 9.15. The van der Waals surface area contributed by atoms with Crippen LogP contribution in [0.4, 0.5) is 5.69 Å². The van der Waals surface area contributed by atoms with Crippen molar-refractivity contribution in [2.75, 3.05) is 36.0 Å². The Kier molecular flexibility index (Phi) is 6.92. The monoisotopic (exact) mass is 437 g/mol. The average Bonchev–Trinajstić information content (AvgIpc) is 3.22. The summed E-state index contributed by atoms with van der Waals surface area (Å²) in [5, 5.41) is 2.98. The van der Waals surface area contributed by atoms with Crippen LogP contribution in [0.15, 0.2) is 60.7 Å². The van der Waals surface area contributed by atoms with Crippen LogP contribution in [0, 0.1) is 5.92 Å². The van der Waals surface area contributed by atoms with E-state index in [2.05, 4.69) is 5.32 Å². The normalized spacial score (nSPS) is 19.9. The van der Waals surface area contributed by atoms with Crippen LogP contribution in [0.2, 0.25) is 0 Å². The first-order valence-corrected chi connectivity index (χ1v) is 11.8. The van der Waals surface area contributed by atoms with Crippen molar-refractivity contribution in [1.29, 1.82) is 0 Å². The Bertz CT molecular complexity index is 916. The van der Waals surface area contributed by atoms with Crippen LogP contribution >= 0.6 is 11.8 Å². The number of nitrogens with one attached hydrogen (secondary N) is 1. The molecule has 2 fully saturated rings.